The van der Waals surface area contributed by atoms with E-state index in [0.29, 0.717) is 37.4 Å². The summed E-state index contributed by atoms with van der Waals surface area (Å²) in [6.45, 7) is 4.60. The molecule has 7 nitrogen and oxygen atoms in total. The molecule has 1 amide bonds. The van der Waals surface area contributed by atoms with Crippen molar-refractivity contribution in [2.75, 3.05) is 29.9 Å². The standard InChI is InChI=1S/C19H27F3N4O3S/c1-11(2)14-7-16(19(20,21)22)26-17(23-14)8-15(24-26)12-3-5-25(9-12)18(27)13-4-6-30(28,29)10-13/h8,11-14,16,23H,3-7,9-10H2,1-2H3/t12?,13?,14-,16+/m0/s1. The maximum absolute atomic E-state index is 13.7. The van der Waals surface area contributed by atoms with Gasteiger partial charge in [-0.25, -0.2) is 13.1 Å². The van der Waals surface area contributed by atoms with Crippen molar-refractivity contribution in [3.8, 4) is 0 Å². The van der Waals surface area contributed by atoms with Gasteiger partial charge in [0.25, 0.3) is 0 Å². The van der Waals surface area contributed by atoms with E-state index in [-0.39, 0.29) is 41.7 Å². The Hall–Kier alpha value is -1.78. The molecule has 30 heavy (non-hydrogen) atoms. The normalized spacial score (nSPS) is 31.1. The lowest BCUT2D eigenvalue weighted by atomic mass is 9.94. The Bertz CT molecular complexity index is 928. The van der Waals surface area contributed by atoms with Crippen LogP contribution in [-0.4, -0.2) is 65.8 Å². The number of nitrogens with one attached hydrogen (secondary N) is 1. The second-order valence-corrected chi connectivity index (χ2v) is 11.3. The van der Waals surface area contributed by atoms with Gasteiger partial charge in [-0.3, -0.25) is 4.79 Å². The van der Waals surface area contributed by atoms with Crippen LogP contribution in [0.2, 0.25) is 0 Å². The number of carbonyl (C=O) groups excluding carboxylic acids is 1. The smallest absolute Gasteiger partial charge is 0.367 e. The molecule has 11 heteroatoms. The first-order valence-electron chi connectivity index (χ1n) is 10.4. The number of aromatic nitrogens is 2. The Labute approximate surface area is 173 Å². The Morgan fingerprint density at radius 3 is 2.63 bits per heavy atom. The molecule has 3 aliphatic rings. The maximum atomic E-state index is 13.7. The Morgan fingerprint density at radius 2 is 2.03 bits per heavy atom. The molecule has 3 aliphatic heterocycles. The van der Waals surface area contributed by atoms with Crippen LogP contribution in [-0.2, 0) is 14.6 Å². The number of nitrogens with zero attached hydrogens (tertiary/aromatic N) is 3. The Morgan fingerprint density at radius 1 is 1.30 bits per heavy atom. The molecule has 0 aliphatic carbocycles. The number of carbonyl (C=O) groups is 1. The zero-order valence-corrected chi connectivity index (χ0v) is 17.8. The number of rotatable bonds is 3. The fourth-order valence-electron chi connectivity index (χ4n) is 4.71. The predicted octanol–water partition coefficient (Wildman–Crippen LogP) is 2.58. The van der Waals surface area contributed by atoms with Crippen molar-refractivity contribution in [1.29, 1.82) is 0 Å². The summed E-state index contributed by atoms with van der Waals surface area (Å²) >= 11 is 0. The molecule has 2 saturated heterocycles. The average Bonchev–Trinajstić information content (AvgIpc) is 3.36. The highest BCUT2D eigenvalue weighted by molar-refractivity contribution is 7.91. The highest BCUT2D eigenvalue weighted by Crippen LogP contribution is 2.42. The summed E-state index contributed by atoms with van der Waals surface area (Å²) in [5.41, 5.74) is 0.547. The zero-order chi connectivity index (χ0) is 21.8. The van der Waals surface area contributed by atoms with E-state index in [0.717, 1.165) is 4.68 Å². The van der Waals surface area contributed by atoms with Gasteiger partial charge >= 0.3 is 6.18 Å². The first-order chi connectivity index (χ1) is 13.9. The van der Waals surface area contributed by atoms with Gasteiger partial charge in [-0.1, -0.05) is 13.8 Å². The van der Waals surface area contributed by atoms with E-state index in [2.05, 4.69) is 10.4 Å². The molecule has 1 aromatic heterocycles. The SMILES string of the molecule is CC(C)[C@@H]1C[C@H](C(F)(F)F)n2nc(C3CCN(C(=O)C4CCS(=O)(=O)C4)C3)cc2N1. The number of likely N-dealkylation sites (tertiary alicyclic amines) is 1. The minimum Gasteiger partial charge on any atom is -0.367 e. The van der Waals surface area contributed by atoms with Crippen molar-refractivity contribution in [2.24, 2.45) is 11.8 Å². The molecule has 0 spiro atoms. The average molecular weight is 449 g/mol. The third-order valence-electron chi connectivity index (χ3n) is 6.54. The Balaban J connectivity index is 1.51. The van der Waals surface area contributed by atoms with Gasteiger partial charge in [0.15, 0.2) is 15.9 Å². The lowest BCUT2D eigenvalue weighted by molar-refractivity contribution is -0.174. The first-order valence-corrected chi connectivity index (χ1v) is 12.2. The summed E-state index contributed by atoms with van der Waals surface area (Å²) in [7, 11) is -3.15. The number of alkyl halides is 3. The summed E-state index contributed by atoms with van der Waals surface area (Å²) < 4.78 is 65.3. The van der Waals surface area contributed by atoms with Gasteiger partial charge < -0.3 is 10.2 Å². The molecule has 4 heterocycles. The molecule has 0 aromatic carbocycles. The maximum Gasteiger partial charge on any atom is 0.410 e. The second kappa shape index (κ2) is 7.42. The molecule has 4 atom stereocenters. The molecule has 2 fully saturated rings. The van der Waals surface area contributed by atoms with E-state index in [1.165, 1.54) is 0 Å². The van der Waals surface area contributed by atoms with Crippen molar-refractivity contribution in [2.45, 2.75) is 57.3 Å². The molecule has 0 bridgehead atoms. The number of anilines is 1. The van der Waals surface area contributed by atoms with Crippen LogP contribution < -0.4 is 5.32 Å². The fourth-order valence-corrected chi connectivity index (χ4v) is 6.44. The molecule has 168 valence electrons. The van der Waals surface area contributed by atoms with E-state index in [1.54, 1.807) is 11.0 Å². The van der Waals surface area contributed by atoms with Crippen LogP contribution in [0.25, 0.3) is 0 Å². The summed E-state index contributed by atoms with van der Waals surface area (Å²) in [6, 6.07) is -0.288. The predicted molar refractivity (Wildman–Crippen MR) is 105 cm³/mol. The van der Waals surface area contributed by atoms with Gasteiger partial charge in [-0.2, -0.15) is 18.3 Å². The van der Waals surface area contributed by atoms with Crippen LogP contribution in [0.5, 0.6) is 0 Å². The van der Waals surface area contributed by atoms with E-state index in [9.17, 15) is 26.4 Å². The van der Waals surface area contributed by atoms with E-state index >= 15 is 0 Å². The van der Waals surface area contributed by atoms with Crippen molar-refractivity contribution >= 4 is 21.6 Å². The van der Waals surface area contributed by atoms with Crippen LogP contribution in [0.3, 0.4) is 0 Å². The van der Waals surface area contributed by atoms with Crippen LogP contribution in [0, 0.1) is 11.8 Å². The highest BCUT2D eigenvalue weighted by Gasteiger charge is 2.47. The van der Waals surface area contributed by atoms with E-state index < -0.39 is 28.0 Å². The van der Waals surface area contributed by atoms with Crippen molar-refractivity contribution < 1.29 is 26.4 Å². The molecule has 4 rings (SSSR count). The van der Waals surface area contributed by atoms with Crippen LogP contribution in [0.4, 0.5) is 19.0 Å². The molecule has 1 aromatic rings. The third-order valence-corrected chi connectivity index (χ3v) is 8.31. The fraction of sp³-hybridized carbons (Fsp3) is 0.789. The minimum absolute atomic E-state index is 0.0377. The van der Waals surface area contributed by atoms with E-state index in [4.69, 9.17) is 0 Å². The molecular formula is C19H27F3N4O3S. The largest absolute Gasteiger partial charge is 0.410 e. The van der Waals surface area contributed by atoms with Crippen molar-refractivity contribution in [1.82, 2.24) is 14.7 Å². The molecule has 0 radical (unpaired) electrons. The first kappa shape index (κ1) is 21.5. The van der Waals surface area contributed by atoms with Crippen molar-refractivity contribution in [3.63, 3.8) is 0 Å². The third kappa shape index (κ3) is 4.04. The van der Waals surface area contributed by atoms with Crippen molar-refractivity contribution in [3.05, 3.63) is 11.8 Å². The van der Waals surface area contributed by atoms with E-state index in [1.807, 2.05) is 13.8 Å². The molecule has 2 unspecified atom stereocenters. The monoisotopic (exact) mass is 448 g/mol. The van der Waals surface area contributed by atoms with Crippen LogP contribution in [0.1, 0.15) is 50.8 Å². The summed E-state index contributed by atoms with van der Waals surface area (Å²) in [6.07, 6.45) is -3.51. The molecule has 0 saturated carbocycles. The number of amides is 1. The number of hydrogen-bond acceptors (Lipinski definition) is 5. The lowest BCUT2D eigenvalue weighted by Gasteiger charge is -2.35. The summed E-state index contributed by atoms with van der Waals surface area (Å²) in [4.78, 5) is 14.3. The van der Waals surface area contributed by atoms with Gasteiger partial charge in [0.05, 0.1) is 23.1 Å². The number of sulfone groups is 1. The summed E-state index contributed by atoms with van der Waals surface area (Å²) in [5, 5.41) is 7.47. The minimum atomic E-state index is -4.39. The lowest BCUT2D eigenvalue weighted by Crippen LogP contribution is -2.41. The summed E-state index contributed by atoms with van der Waals surface area (Å²) in [5.74, 6) is -0.498. The zero-order valence-electron chi connectivity index (χ0n) is 17.0. The number of hydrogen-bond donors (Lipinski definition) is 1. The molecular weight excluding hydrogens is 421 g/mol. The van der Waals surface area contributed by atoms with Gasteiger partial charge in [0, 0.05) is 31.1 Å². The van der Waals surface area contributed by atoms with Crippen LogP contribution in [0.15, 0.2) is 6.07 Å². The van der Waals surface area contributed by atoms with Gasteiger partial charge in [0.1, 0.15) is 5.82 Å². The Kier molecular flexibility index (Phi) is 5.31. The van der Waals surface area contributed by atoms with Gasteiger partial charge in [-0.05, 0) is 25.2 Å². The van der Waals surface area contributed by atoms with Crippen LogP contribution >= 0.6 is 0 Å². The highest BCUT2D eigenvalue weighted by atomic mass is 32.2. The quantitative estimate of drug-likeness (QED) is 0.769. The number of fused-ring (bicyclic) bond motifs is 1. The second-order valence-electron chi connectivity index (χ2n) is 9.06. The van der Waals surface area contributed by atoms with Gasteiger partial charge in [-0.15, -0.1) is 0 Å². The topological polar surface area (TPSA) is 84.3 Å². The van der Waals surface area contributed by atoms with Gasteiger partial charge in [0.2, 0.25) is 5.91 Å². The molecule has 1 N–H and O–H groups in total. The number of halogens is 3.